The molecule has 1 fully saturated rings. The summed E-state index contributed by atoms with van der Waals surface area (Å²) in [6.45, 7) is 12.0. The van der Waals surface area contributed by atoms with Crippen molar-refractivity contribution in [2.45, 2.75) is 65.0 Å². The Kier molecular flexibility index (Phi) is 7.20. The molecule has 0 aliphatic heterocycles. The number of ether oxygens (including phenoxy) is 2. The van der Waals surface area contributed by atoms with Crippen LogP contribution in [-0.2, 0) is 9.47 Å². The Morgan fingerprint density at radius 3 is 2.44 bits per heavy atom. The Morgan fingerprint density at radius 1 is 1.22 bits per heavy atom. The summed E-state index contributed by atoms with van der Waals surface area (Å²) in [5, 5.41) is 3.55. The molecular formula is C15H31NO2. The van der Waals surface area contributed by atoms with E-state index in [-0.39, 0.29) is 5.60 Å². The van der Waals surface area contributed by atoms with Gasteiger partial charge in [0, 0.05) is 19.2 Å². The maximum atomic E-state index is 6.18. The number of hydrogen-bond donors (Lipinski definition) is 1. The molecule has 1 N–H and O–H groups in total. The van der Waals surface area contributed by atoms with E-state index in [9.17, 15) is 0 Å². The SMILES string of the molecule is CCOCCOC1(CNC(C)C)CCC(C)CC1. The molecule has 3 heteroatoms. The molecule has 0 aromatic carbocycles. The van der Waals surface area contributed by atoms with Gasteiger partial charge in [-0.05, 0) is 38.5 Å². The minimum absolute atomic E-state index is 0.0495. The molecular weight excluding hydrogens is 226 g/mol. The molecule has 0 radical (unpaired) electrons. The minimum atomic E-state index is 0.0495. The van der Waals surface area contributed by atoms with Gasteiger partial charge in [-0.3, -0.25) is 0 Å². The topological polar surface area (TPSA) is 30.5 Å². The fourth-order valence-electron chi connectivity index (χ4n) is 2.51. The highest BCUT2D eigenvalue weighted by Crippen LogP contribution is 2.34. The lowest BCUT2D eigenvalue weighted by Gasteiger charge is -2.40. The van der Waals surface area contributed by atoms with Gasteiger partial charge in [0.15, 0.2) is 0 Å². The molecule has 1 aliphatic rings. The molecule has 1 aliphatic carbocycles. The molecule has 18 heavy (non-hydrogen) atoms. The normalized spacial score (nSPS) is 28.8. The second-order valence-corrected chi connectivity index (χ2v) is 5.95. The highest BCUT2D eigenvalue weighted by atomic mass is 16.5. The van der Waals surface area contributed by atoms with Crippen molar-refractivity contribution >= 4 is 0 Å². The van der Waals surface area contributed by atoms with Crippen molar-refractivity contribution in [2.24, 2.45) is 5.92 Å². The number of rotatable bonds is 8. The third kappa shape index (κ3) is 5.68. The predicted octanol–water partition coefficient (Wildman–Crippen LogP) is 2.99. The molecule has 1 rings (SSSR count). The van der Waals surface area contributed by atoms with Crippen LogP contribution < -0.4 is 5.32 Å². The third-order valence-electron chi connectivity index (χ3n) is 3.86. The molecule has 0 bridgehead atoms. The monoisotopic (exact) mass is 257 g/mol. The number of hydrogen-bond acceptors (Lipinski definition) is 3. The van der Waals surface area contributed by atoms with Crippen LogP contribution in [0.3, 0.4) is 0 Å². The van der Waals surface area contributed by atoms with E-state index in [4.69, 9.17) is 9.47 Å². The van der Waals surface area contributed by atoms with Gasteiger partial charge >= 0.3 is 0 Å². The van der Waals surface area contributed by atoms with Crippen LogP contribution in [0.15, 0.2) is 0 Å². The molecule has 3 nitrogen and oxygen atoms in total. The molecule has 0 unspecified atom stereocenters. The second kappa shape index (κ2) is 8.13. The molecule has 0 spiro atoms. The average molecular weight is 257 g/mol. The van der Waals surface area contributed by atoms with Crippen molar-refractivity contribution in [3.05, 3.63) is 0 Å². The molecule has 0 heterocycles. The first-order valence-electron chi connectivity index (χ1n) is 7.53. The lowest BCUT2D eigenvalue weighted by molar-refractivity contribution is -0.0916. The van der Waals surface area contributed by atoms with Crippen LogP contribution in [0.4, 0.5) is 0 Å². The van der Waals surface area contributed by atoms with Crippen molar-refractivity contribution in [1.82, 2.24) is 5.32 Å². The zero-order valence-electron chi connectivity index (χ0n) is 12.6. The van der Waals surface area contributed by atoms with Gasteiger partial charge < -0.3 is 14.8 Å². The standard InChI is InChI=1S/C15H31NO2/c1-5-17-10-11-18-15(12-16-13(2)3)8-6-14(4)7-9-15/h13-14,16H,5-12H2,1-4H3. The fourth-order valence-corrected chi connectivity index (χ4v) is 2.51. The maximum absolute atomic E-state index is 6.18. The van der Waals surface area contributed by atoms with Gasteiger partial charge in [-0.25, -0.2) is 0 Å². The Morgan fingerprint density at radius 2 is 1.89 bits per heavy atom. The number of nitrogens with one attached hydrogen (secondary N) is 1. The summed E-state index contributed by atoms with van der Waals surface area (Å²) in [6.07, 6.45) is 4.93. The van der Waals surface area contributed by atoms with Gasteiger partial charge in [-0.1, -0.05) is 20.8 Å². The van der Waals surface area contributed by atoms with Gasteiger partial charge in [0.05, 0.1) is 18.8 Å². The molecule has 1 saturated carbocycles. The van der Waals surface area contributed by atoms with Crippen LogP contribution in [0.5, 0.6) is 0 Å². The van der Waals surface area contributed by atoms with E-state index in [0.29, 0.717) is 6.04 Å². The Bertz CT molecular complexity index is 211. The Balaban J connectivity index is 2.40. The molecule has 0 amide bonds. The van der Waals surface area contributed by atoms with Crippen molar-refractivity contribution < 1.29 is 9.47 Å². The van der Waals surface area contributed by atoms with Crippen LogP contribution in [0.1, 0.15) is 53.4 Å². The lowest BCUT2D eigenvalue weighted by atomic mass is 9.79. The van der Waals surface area contributed by atoms with E-state index in [2.05, 4.69) is 26.1 Å². The van der Waals surface area contributed by atoms with E-state index in [1.807, 2.05) is 6.92 Å². The first-order valence-corrected chi connectivity index (χ1v) is 7.53. The summed E-state index contributed by atoms with van der Waals surface area (Å²) in [6, 6.07) is 0.525. The van der Waals surface area contributed by atoms with Crippen LogP contribution in [-0.4, -0.2) is 38.0 Å². The van der Waals surface area contributed by atoms with E-state index < -0.39 is 0 Å². The summed E-state index contributed by atoms with van der Waals surface area (Å²) in [7, 11) is 0. The zero-order chi connectivity index (χ0) is 13.4. The summed E-state index contributed by atoms with van der Waals surface area (Å²) in [4.78, 5) is 0. The molecule has 0 atom stereocenters. The smallest absolute Gasteiger partial charge is 0.0807 e. The van der Waals surface area contributed by atoms with Crippen LogP contribution >= 0.6 is 0 Å². The first kappa shape index (κ1) is 15.9. The molecule has 0 aromatic heterocycles. The van der Waals surface area contributed by atoms with Gasteiger partial charge in [-0.15, -0.1) is 0 Å². The van der Waals surface area contributed by atoms with Crippen molar-refractivity contribution in [1.29, 1.82) is 0 Å². The minimum Gasteiger partial charge on any atom is -0.379 e. The maximum Gasteiger partial charge on any atom is 0.0807 e. The van der Waals surface area contributed by atoms with Crippen LogP contribution in [0.2, 0.25) is 0 Å². The van der Waals surface area contributed by atoms with E-state index >= 15 is 0 Å². The first-order chi connectivity index (χ1) is 8.58. The summed E-state index contributed by atoms with van der Waals surface area (Å²) < 4.78 is 11.6. The molecule has 0 aromatic rings. The van der Waals surface area contributed by atoms with Gasteiger partial charge in [0.25, 0.3) is 0 Å². The summed E-state index contributed by atoms with van der Waals surface area (Å²) >= 11 is 0. The Labute approximate surface area is 113 Å². The highest BCUT2D eigenvalue weighted by Gasteiger charge is 2.34. The van der Waals surface area contributed by atoms with Gasteiger partial charge in [0.1, 0.15) is 0 Å². The fraction of sp³-hybridized carbons (Fsp3) is 1.00. The summed E-state index contributed by atoms with van der Waals surface area (Å²) in [5.41, 5.74) is 0.0495. The van der Waals surface area contributed by atoms with Crippen molar-refractivity contribution in [2.75, 3.05) is 26.4 Å². The van der Waals surface area contributed by atoms with Crippen LogP contribution in [0.25, 0.3) is 0 Å². The average Bonchev–Trinajstić information content (AvgIpc) is 2.36. The van der Waals surface area contributed by atoms with Gasteiger partial charge in [0.2, 0.25) is 0 Å². The van der Waals surface area contributed by atoms with E-state index in [1.54, 1.807) is 0 Å². The largest absolute Gasteiger partial charge is 0.379 e. The zero-order valence-corrected chi connectivity index (χ0v) is 12.6. The highest BCUT2D eigenvalue weighted by molar-refractivity contribution is 4.89. The quantitative estimate of drug-likeness (QED) is 0.678. The lowest BCUT2D eigenvalue weighted by Crippen LogP contribution is -2.48. The molecule has 108 valence electrons. The summed E-state index contributed by atoms with van der Waals surface area (Å²) in [5.74, 6) is 0.854. The Hall–Kier alpha value is -0.120. The van der Waals surface area contributed by atoms with E-state index in [1.165, 1.54) is 25.7 Å². The van der Waals surface area contributed by atoms with Crippen LogP contribution in [0, 0.1) is 5.92 Å². The third-order valence-corrected chi connectivity index (χ3v) is 3.86. The predicted molar refractivity (Wildman–Crippen MR) is 75.9 cm³/mol. The van der Waals surface area contributed by atoms with Crippen molar-refractivity contribution in [3.63, 3.8) is 0 Å². The molecule has 0 saturated heterocycles. The van der Waals surface area contributed by atoms with Gasteiger partial charge in [-0.2, -0.15) is 0 Å². The second-order valence-electron chi connectivity index (χ2n) is 5.95. The van der Waals surface area contributed by atoms with Crippen molar-refractivity contribution in [3.8, 4) is 0 Å². The van der Waals surface area contributed by atoms with E-state index in [0.717, 1.165) is 32.3 Å².